The van der Waals surface area contributed by atoms with Crippen molar-refractivity contribution >= 4 is 19.9 Å². The number of phosphoric acid groups is 1. The number of rotatable bonds is 28. The van der Waals surface area contributed by atoms with Crippen LogP contribution in [0.1, 0.15) is 189 Å². The first-order valence-corrected chi connectivity index (χ1v) is 26.5. The standard InChI is InChI=1S/C50H90NO9P/c1-10-11-12-13-14-15-16-17-18-19-20-24-47(52)56-36-42(37-58-61(54,55)57-34-33-51(7,8)9)60-48(53)59-41-29-31-49(5)40(35-41)25-26-43-45-28-27-44(39(4)23-21-22-38(2)3)50(45,6)32-30-46(43)49/h25,38-39,41-46H,10-24,26-37H2,1-9H3/p+1/t39-,41+,42?,43+,44-,45+,46+,49+,50-/m1/s1. The maximum Gasteiger partial charge on any atom is 0.509 e. The molecule has 4 aliphatic carbocycles. The monoisotopic (exact) mass is 881 g/mol. The molecule has 0 aromatic rings. The van der Waals surface area contributed by atoms with E-state index in [1.54, 1.807) is 0 Å². The Kier molecular flexibility index (Phi) is 21.2. The van der Waals surface area contributed by atoms with Crippen LogP contribution in [0, 0.1) is 46.3 Å². The van der Waals surface area contributed by atoms with Gasteiger partial charge in [0.05, 0.1) is 27.7 Å². The molecule has 0 heterocycles. The number of likely N-dealkylation sites (N-methyl/N-ethyl adjacent to an activating group) is 1. The summed E-state index contributed by atoms with van der Waals surface area (Å²) in [6.07, 6.45) is 26.3. The summed E-state index contributed by atoms with van der Waals surface area (Å²) in [5.41, 5.74) is 1.97. The highest BCUT2D eigenvalue weighted by Gasteiger charge is 2.59. The minimum atomic E-state index is -4.45. The van der Waals surface area contributed by atoms with Crippen LogP contribution in [0.4, 0.5) is 4.79 Å². The number of ether oxygens (including phenoxy) is 3. The van der Waals surface area contributed by atoms with Crippen molar-refractivity contribution in [1.29, 1.82) is 0 Å². The summed E-state index contributed by atoms with van der Waals surface area (Å²) in [5.74, 6) is 4.17. The second kappa shape index (κ2) is 24.7. The summed E-state index contributed by atoms with van der Waals surface area (Å²) in [5, 5.41) is 0. The van der Waals surface area contributed by atoms with Crippen molar-refractivity contribution in [2.24, 2.45) is 46.3 Å². The van der Waals surface area contributed by atoms with Crippen molar-refractivity contribution in [3.05, 3.63) is 11.6 Å². The summed E-state index contributed by atoms with van der Waals surface area (Å²) in [7, 11) is 1.40. The molecule has 10 nitrogen and oxygen atoms in total. The van der Waals surface area contributed by atoms with E-state index in [4.69, 9.17) is 23.3 Å². The number of hydrogen-bond acceptors (Lipinski definition) is 8. The topological polar surface area (TPSA) is 118 Å². The number of hydrogen-bond donors (Lipinski definition) is 1. The number of unbranched alkanes of at least 4 members (excludes halogenated alkanes) is 10. The molecule has 0 aliphatic heterocycles. The molecule has 11 heteroatoms. The van der Waals surface area contributed by atoms with Crippen molar-refractivity contribution in [3.63, 3.8) is 0 Å². The first-order valence-electron chi connectivity index (χ1n) is 25.0. The van der Waals surface area contributed by atoms with Gasteiger partial charge in [-0.05, 0) is 97.7 Å². The Morgan fingerprint density at radius 2 is 1.51 bits per heavy atom. The third-order valence-electron chi connectivity index (χ3n) is 15.6. The molecule has 61 heavy (non-hydrogen) atoms. The number of allylic oxidation sites excluding steroid dienone is 1. The van der Waals surface area contributed by atoms with Crippen LogP contribution in [-0.4, -0.2) is 81.2 Å². The Morgan fingerprint density at radius 1 is 0.836 bits per heavy atom. The highest BCUT2D eigenvalue weighted by atomic mass is 31.2. The SMILES string of the molecule is CCCCCCCCCCCCCC(=O)OCC(COP(=O)(O)OCC[N+](C)(C)C)OC(=O)O[C@H]1CC[C@@]2(C)C(=CC[C@H]3[C@@H]4CC[C@H]([C@H](C)CCCC(C)C)[C@@]4(C)CC[C@@H]32)C1. The van der Waals surface area contributed by atoms with Crippen LogP contribution in [0.5, 0.6) is 0 Å². The molecule has 0 saturated heterocycles. The minimum Gasteiger partial charge on any atom is -0.462 e. The molecule has 3 saturated carbocycles. The van der Waals surface area contributed by atoms with Gasteiger partial charge in [0.15, 0.2) is 6.10 Å². The van der Waals surface area contributed by atoms with Crippen molar-refractivity contribution in [2.45, 2.75) is 201 Å². The van der Waals surface area contributed by atoms with Crippen LogP contribution in [0.15, 0.2) is 11.6 Å². The first-order chi connectivity index (χ1) is 28.9. The molecule has 4 rings (SSSR count). The predicted octanol–water partition coefficient (Wildman–Crippen LogP) is 13.0. The number of fused-ring (bicyclic) bond motifs is 5. The van der Waals surface area contributed by atoms with E-state index in [1.807, 2.05) is 21.1 Å². The zero-order valence-corrected chi connectivity index (χ0v) is 41.3. The molecule has 1 N–H and O–H groups in total. The smallest absolute Gasteiger partial charge is 0.462 e. The van der Waals surface area contributed by atoms with Gasteiger partial charge in [-0.15, -0.1) is 0 Å². The van der Waals surface area contributed by atoms with Crippen molar-refractivity contribution in [1.82, 2.24) is 0 Å². The molecule has 0 amide bonds. The summed E-state index contributed by atoms with van der Waals surface area (Å²) in [4.78, 5) is 36.5. The van der Waals surface area contributed by atoms with Crippen molar-refractivity contribution < 1.29 is 46.8 Å². The van der Waals surface area contributed by atoms with Crippen LogP contribution in [0.3, 0.4) is 0 Å². The van der Waals surface area contributed by atoms with E-state index in [0.29, 0.717) is 28.8 Å². The number of esters is 1. The Hall–Kier alpha value is -1.45. The van der Waals surface area contributed by atoms with E-state index in [9.17, 15) is 19.0 Å². The lowest BCUT2D eigenvalue weighted by molar-refractivity contribution is -0.870. The fourth-order valence-corrected chi connectivity index (χ4v) is 12.7. The maximum atomic E-state index is 13.3. The van der Waals surface area contributed by atoms with E-state index in [-0.39, 0.29) is 31.2 Å². The quantitative estimate of drug-likeness (QED) is 0.0269. The van der Waals surface area contributed by atoms with Gasteiger partial charge in [-0.1, -0.05) is 137 Å². The number of carbonyl (C=O) groups excluding carboxylic acids is 2. The van der Waals surface area contributed by atoms with E-state index in [2.05, 4.69) is 47.6 Å². The van der Waals surface area contributed by atoms with Gasteiger partial charge in [0.1, 0.15) is 25.9 Å². The van der Waals surface area contributed by atoms with E-state index in [0.717, 1.165) is 68.1 Å². The molecule has 0 radical (unpaired) electrons. The molecule has 4 aliphatic rings. The van der Waals surface area contributed by atoms with Gasteiger partial charge in [-0.2, -0.15) is 0 Å². The second-order valence-electron chi connectivity index (χ2n) is 21.8. The lowest BCUT2D eigenvalue weighted by Crippen LogP contribution is -2.51. The summed E-state index contributed by atoms with van der Waals surface area (Å²) < 4.78 is 40.9. The third kappa shape index (κ3) is 16.5. The maximum absolute atomic E-state index is 13.3. The lowest BCUT2D eigenvalue weighted by Gasteiger charge is -2.58. The molecule has 0 aromatic carbocycles. The highest BCUT2D eigenvalue weighted by Crippen LogP contribution is 2.67. The largest absolute Gasteiger partial charge is 0.509 e. The van der Waals surface area contributed by atoms with E-state index in [1.165, 1.54) is 102 Å². The highest BCUT2D eigenvalue weighted by molar-refractivity contribution is 7.47. The number of nitrogens with zero attached hydrogens (tertiary/aromatic N) is 1. The molecule has 354 valence electrons. The summed E-state index contributed by atoms with van der Waals surface area (Å²) in [6, 6.07) is 0. The molecule has 10 atom stereocenters. The minimum absolute atomic E-state index is 0.00903. The summed E-state index contributed by atoms with van der Waals surface area (Å²) >= 11 is 0. The van der Waals surface area contributed by atoms with Crippen molar-refractivity contribution in [3.8, 4) is 0 Å². The third-order valence-corrected chi connectivity index (χ3v) is 16.6. The van der Waals surface area contributed by atoms with Crippen LogP contribution in [0.25, 0.3) is 0 Å². The molecular formula is C50H91NO9P+. The normalized spacial score (nSPS) is 29.4. The average molecular weight is 881 g/mol. The predicted molar refractivity (Wildman–Crippen MR) is 245 cm³/mol. The molecule has 0 spiro atoms. The van der Waals surface area contributed by atoms with Crippen LogP contribution < -0.4 is 0 Å². The number of quaternary nitrogens is 1. The van der Waals surface area contributed by atoms with Gasteiger partial charge in [-0.25, -0.2) is 9.36 Å². The van der Waals surface area contributed by atoms with Gasteiger partial charge >= 0.3 is 19.9 Å². The lowest BCUT2D eigenvalue weighted by atomic mass is 9.47. The van der Waals surface area contributed by atoms with Gasteiger partial charge in [0.2, 0.25) is 0 Å². The molecule has 0 aromatic heterocycles. The zero-order valence-electron chi connectivity index (χ0n) is 40.4. The molecule has 0 bridgehead atoms. The zero-order chi connectivity index (χ0) is 44.7. The Labute approximate surface area is 372 Å². The fraction of sp³-hybridized carbons (Fsp3) is 0.920. The van der Waals surface area contributed by atoms with Gasteiger partial charge in [-0.3, -0.25) is 13.8 Å². The van der Waals surface area contributed by atoms with Crippen LogP contribution in [-0.2, 0) is 32.6 Å². The fourth-order valence-electron chi connectivity index (χ4n) is 12.0. The van der Waals surface area contributed by atoms with Crippen molar-refractivity contribution in [2.75, 3.05) is 47.5 Å². The van der Waals surface area contributed by atoms with E-state index >= 15 is 0 Å². The number of phosphoric ester groups is 1. The Morgan fingerprint density at radius 3 is 2.16 bits per heavy atom. The number of carbonyl (C=O) groups is 2. The molecule has 3 fully saturated rings. The summed E-state index contributed by atoms with van der Waals surface area (Å²) in [6.45, 7) is 14.3. The average Bonchev–Trinajstić information content (AvgIpc) is 3.54. The van der Waals surface area contributed by atoms with Crippen LogP contribution in [0.2, 0.25) is 0 Å². The first kappa shape index (κ1) is 52.2. The van der Waals surface area contributed by atoms with E-state index < -0.39 is 32.7 Å². The van der Waals surface area contributed by atoms with Crippen LogP contribution >= 0.6 is 7.82 Å². The Bertz CT molecular complexity index is 1410. The van der Waals surface area contributed by atoms with Gasteiger partial charge in [0.25, 0.3) is 0 Å². The second-order valence-corrected chi connectivity index (χ2v) is 23.3. The Balaban J connectivity index is 1.27. The van der Waals surface area contributed by atoms with Gasteiger partial charge in [0, 0.05) is 12.8 Å². The molecule has 2 unspecified atom stereocenters. The van der Waals surface area contributed by atoms with Gasteiger partial charge < -0.3 is 23.6 Å². The molecular weight excluding hydrogens is 790 g/mol.